The maximum atomic E-state index is 12.9. The summed E-state index contributed by atoms with van der Waals surface area (Å²) in [6.45, 7) is 1.77. The van der Waals surface area contributed by atoms with E-state index in [-0.39, 0.29) is 5.82 Å². The Morgan fingerprint density at radius 1 is 1.43 bits per heavy atom. The second-order valence-corrected chi connectivity index (χ2v) is 4.04. The van der Waals surface area contributed by atoms with E-state index in [0.29, 0.717) is 17.6 Å². The molecule has 76 valence electrons. The summed E-state index contributed by atoms with van der Waals surface area (Å²) in [6, 6.07) is 5.91. The van der Waals surface area contributed by atoms with E-state index in [2.05, 4.69) is 5.32 Å². The van der Waals surface area contributed by atoms with Crippen LogP contribution in [0.5, 0.6) is 0 Å². The SMILES string of the molecule is Cc1cc(NC2CC(N)C2)ccc1F. The number of nitrogens with one attached hydrogen (secondary N) is 1. The van der Waals surface area contributed by atoms with Crippen molar-refractivity contribution in [3.05, 3.63) is 29.6 Å². The van der Waals surface area contributed by atoms with Crippen LogP contribution in [0.3, 0.4) is 0 Å². The van der Waals surface area contributed by atoms with Crippen molar-refractivity contribution in [3.8, 4) is 0 Å². The van der Waals surface area contributed by atoms with Gasteiger partial charge in [-0.1, -0.05) is 0 Å². The summed E-state index contributed by atoms with van der Waals surface area (Å²) in [7, 11) is 0. The molecule has 1 aromatic carbocycles. The highest BCUT2D eigenvalue weighted by atomic mass is 19.1. The van der Waals surface area contributed by atoms with Crippen LogP contribution in [-0.2, 0) is 0 Å². The minimum Gasteiger partial charge on any atom is -0.382 e. The number of aryl methyl sites for hydroxylation is 1. The molecule has 14 heavy (non-hydrogen) atoms. The average molecular weight is 194 g/mol. The topological polar surface area (TPSA) is 38.0 Å². The van der Waals surface area contributed by atoms with E-state index < -0.39 is 0 Å². The third-order valence-electron chi connectivity index (χ3n) is 2.70. The van der Waals surface area contributed by atoms with Crippen molar-refractivity contribution >= 4 is 5.69 Å². The number of benzene rings is 1. The number of halogens is 1. The van der Waals surface area contributed by atoms with Crippen LogP contribution in [0.25, 0.3) is 0 Å². The minimum atomic E-state index is -0.152. The van der Waals surface area contributed by atoms with Gasteiger partial charge in [0.1, 0.15) is 5.82 Å². The zero-order valence-electron chi connectivity index (χ0n) is 8.26. The van der Waals surface area contributed by atoms with Crippen LogP contribution >= 0.6 is 0 Å². The second kappa shape index (κ2) is 3.58. The van der Waals surface area contributed by atoms with Gasteiger partial charge in [-0.2, -0.15) is 0 Å². The third kappa shape index (κ3) is 1.87. The van der Waals surface area contributed by atoms with Crippen molar-refractivity contribution in [2.45, 2.75) is 31.8 Å². The summed E-state index contributed by atoms with van der Waals surface area (Å²) in [5.41, 5.74) is 7.34. The minimum absolute atomic E-state index is 0.152. The molecule has 3 N–H and O–H groups in total. The highest BCUT2D eigenvalue weighted by molar-refractivity contribution is 5.47. The summed E-state index contributed by atoms with van der Waals surface area (Å²) in [6.07, 6.45) is 2.02. The van der Waals surface area contributed by atoms with E-state index in [4.69, 9.17) is 5.73 Å². The van der Waals surface area contributed by atoms with Crippen molar-refractivity contribution in [1.29, 1.82) is 0 Å². The van der Waals surface area contributed by atoms with Gasteiger partial charge in [-0.25, -0.2) is 4.39 Å². The van der Waals surface area contributed by atoms with Gasteiger partial charge in [-0.3, -0.25) is 0 Å². The molecule has 2 nitrogen and oxygen atoms in total. The first-order chi connectivity index (χ1) is 6.65. The van der Waals surface area contributed by atoms with Crippen molar-refractivity contribution in [3.63, 3.8) is 0 Å². The molecule has 1 aliphatic carbocycles. The molecule has 0 amide bonds. The van der Waals surface area contributed by atoms with Crippen LogP contribution in [0.1, 0.15) is 18.4 Å². The lowest BCUT2D eigenvalue weighted by atomic mass is 9.87. The lowest BCUT2D eigenvalue weighted by molar-refractivity contribution is 0.373. The van der Waals surface area contributed by atoms with E-state index in [9.17, 15) is 4.39 Å². The molecule has 3 heteroatoms. The Bertz CT molecular complexity index is 332. The zero-order chi connectivity index (χ0) is 10.1. The molecular weight excluding hydrogens is 179 g/mol. The smallest absolute Gasteiger partial charge is 0.126 e. The lowest BCUT2D eigenvalue weighted by Crippen LogP contribution is -2.44. The van der Waals surface area contributed by atoms with Crippen LogP contribution in [0.15, 0.2) is 18.2 Å². The summed E-state index contributed by atoms with van der Waals surface area (Å²) in [5.74, 6) is -0.152. The predicted molar refractivity (Wildman–Crippen MR) is 55.8 cm³/mol. The molecule has 0 saturated heterocycles. The quantitative estimate of drug-likeness (QED) is 0.756. The molecule has 0 aromatic heterocycles. The predicted octanol–water partition coefficient (Wildman–Crippen LogP) is 2.04. The van der Waals surface area contributed by atoms with Gasteiger partial charge in [0.25, 0.3) is 0 Å². The molecule has 0 atom stereocenters. The highest BCUT2D eigenvalue weighted by Crippen LogP contribution is 2.23. The first-order valence-corrected chi connectivity index (χ1v) is 4.93. The van der Waals surface area contributed by atoms with Gasteiger partial charge in [-0.05, 0) is 43.5 Å². The monoisotopic (exact) mass is 194 g/mol. The van der Waals surface area contributed by atoms with E-state index >= 15 is 0 Å². The van der Waals surface area contributed by atoms with Gasteiger partial charge < -0.3 is 11.1 Å². The number of hydrogen-bond acceptors (Lipinski definition) is 2. The van der Waals surface area contributed by atoms with Crippen LogP contribution in [0.4, 0.5) is 10.1 Å². The van der Waals surface area contributed by atoms with E-state index in [1.807, 2.05) is 6.07 Å². The molecule has 2 rings (SSSR count). The van der Waals surface area contributed by atoms with Crippen molar-refractivity contribution in [2.75, 3.05) is 5.32 Å². The van der Waals surface area contributed by atoms with Crippen molar-refractivity contribution in [1.82, 2.24) is 0 Å². The van der Waals surface area contributed by atoms with Gasteiger partial charge in [0.15, 0.2) is 0 Å². The number of hydrogen-bond donors (Lipinski definition) is 2. The molecule has 1 saturated carbocycles. The maximum absolute atomic E-state index is 12.9. The molecule has 1 aliphatic rings. The number of rotatable bonds is 2. The molecule has 0 heterocycles. The first-order valence-electron chi connectivity index (χ1n) is 4.93. The van der Waals surface area contributed by atoms with Crippen molar-refractivity contribution < 1.29 is 4.39 Å². The molecule has 1 fully saturated rings. The van der Waals surface area contributed by atoms with Gasteiger partial charge in [0.2, 0.25) is 0 Å². The third-order valence-corrected chi connectivity index (χ3v) is 2.70. The maximum Gasteiger partial charge on any atom is 0.126 e. The Morgan fingerprint density at radius 3 is 2.71 bits per heavy atom. The first kappa shape index (κ1) is 9.46. The Morgan fingerprint density at radius 2 is 2.14 bits per heavy atom. The Kier molecular flexibility index (Phi) is 2.42. The van der Waals surface area contributed by atoms with Crippen LogP contribution < -0.4 is 11.1 Å². The molecule has 1 aromatic rings. The summed E-state index contributed by atoms with van der Waals surface area (Å²) >= 11 is 0. The van der Waals surface area contributed by atoms with Crippen LogP contribution in [-0.4, -0.2) is 12.1 Å². The lowest BCUT2D eigenvalue weighted by Gasteiger charge is -2.33. The fourth-order valence-corrected chi connectivity index (χ4v) is 1.75. The molecule has 0 spiro atoms. The van der Waals surface area contributed by atoms with E-state index in [1.54, 1.807) is 13.0 Å². The number of anilines is 1. The van der Waals surface area contributed by atoms with E-state index in [1.165, 1.54) is 6.07 Å². The largest absolute Gasteiger partial charge is 0.382 e. The summed E-state index contributed by atoms with van der Waals surface area (Å²) in [5, 5.41) is 3.33. The summed E-state index contributed by atoms with van der Waals surface area (Å²) in [4.78, 5) is 0. The second-order valence-electron chi connectivity index (χ2n) is 4.04. The normalized spacial score (nSPS) is 25.6. The fraction of sp³-hybridized carbons (Fsp3) is 0.455. The standard InChI is InChI=1S/C11H15FN2/c1-7-4-9(2-3-11(7)12)14-10-5-8(13)6-10/h2-4,8,10,14H,5-6,13H2,1H3. The molecule has 0 unspecified atom stereocenters. The van der Waals surface area contributed by atoms with Crippen LogP contribution in [0.2, 0.25) is 0 Å². The molecule has 0 aliphatic heterocycles. The Hall–Kier alpha value is -1.09. The fourth-order valence-electron chi connectivity index (χ4n) is 1.75. The van der Waals surface area contributed by atoms with Crippen molar-refractivity contribution in [2.24, 2.45) is 5.73 Å². The molecule has 0 bridgehead atoms. The van der Waals surface area contributed by atoms with E-state index in [0.717, 1.165) is 18.5 Å². The van der Waals surface area contributed by atoms with Crippen LogP contribution in [0, 0.1) is 12.7 Å². The average Bonchev–Trinajstić information content (AvgIpc) is 2.09. The number of nitrogens with two attached hydrogens (primary N) is 1. The van der Waals surface area contributed by atoms with Gasteiger partial charge >= 0.3 is 0 Å². The van der Waals surface area contributed by atoms with Gasteiger partial charge in [-0.15, -0.1) is 0 Å². The Labute approximate surface area is 83.3 Å². The van der Waals surface area contributed by atoms with Gasteiger partial charge in [0, 0.05) is 17.8 Å². The van der Waals surface area contributed by atoms with Gasteiger partial charge in [0.05, 0.1) is 0 Å². The summed E-state index contributed by atoms with van der Waals surface area (Å²) < 4.78 is 12.9. The molecular formula is C11H15FN2. The highest BCUT2D eigenvalue weighted by Gasteiger charge is 2.25. The molecule has 0 radical (unpaired) electrons. The zero-order valence-corrected chi connectivity index (χ0v) is 8.26. The Balaban J connectivity index is 2.00.